The highest BCUT2D eigenvalue weighted by Crippen LogP contribution is 2.51. The fourth-order valence-electron chi connectivity index (χ4n) is 6.16. The van der Waals surface area contributed by atoms with Crippen molar-refractivity contribution >= 4 is 28.5 Å². The highest BCUT2D eigenvalue weighted by Gasteiger charge is 2.44. The van der Waals surface area contributed by atoms with E-state index in [1.54, 1.807) is 0 Å². The molecular weight excluding hydrogens is 452 g/mol. The van der Waals surface area contributed by atoms with Gasteiger partial charge in [-0.15, -0.1) is 0 Å². The molecule has 4 heteroatoms. The summed E-state index contributed by atoms with van der Waals surface area (Å²) in [6, 6.07) is 38.4. The third-order valence-electron chi connectivity index (χ3n) is 7.71. The Morgan fingerprint density at radius 3 is 2.30 bits per heavy atom. The van der Waals surface area contributed by atoms with E-state index in [9.17, 15) is 0 Å². The number of aliphatic imine (C=N–C) groups is 1. The van der Waals surface area contributed by atoms with Crippen molar-refractivity contribution in [3.05, 3.63) is 138 Å². The first-order chi connectivity index (χ1) is 18.2. The number of aromatic nitrogens is 1. The van der Waals surface area contributed by atoms with Gasteiger partial charge in [0.15, 0.2) is 0 Å². The summed E-state index contributed by atoms with van der Waals surface area (Å²) in [7, 11) is 0. The number of nitrogens with two attached hydrogens (primary N) is 1. The van der Waals surface area contributed by atoms with Crippen LogP contribution in [0.25, 0.3) is 22.7 Å². The Balaban J connectivity index is 1.42. The van der Waals surface area contributed by atoms with Crippen molar-refractivity contribution in [2.75, 3.05) is 4.90 Å². The molecule has 1 aliphatic carbocycles. The average Bonchev–Trinajstić information content (AvgIpc) is 3.47. The number of benzene rings is 4. The van der Waals surface area contributed by atoms with Crippen molar-refractivity contribution in [2.24, 2.45) is 10.7 Å². The molecule has 0 bridgehead atoms. The van der Waals surface area contributed by atoms with Gasteiger partial charge in [0.1, 0.15) is 12.0 Å². The van der Waals surface area contributed by atoms with E-state index in [-0.39, 0.29) is 12.0 Å². The van der Waals surface area contributed by atoms with Crippen molar-refractivity contribution in [2.45, 2.75) is 25.0 Å². The van der Waals surface area contributed by atoms with Gasteiger partial charge in [-0.25, -0.2) is 4.99 Å². The standard InChI is InChI=1S/C33H28N4/c1-22(35-33(34)23-12-4-2-5-13-23)36-29-19-11-9-17-27(29)31-30(36)21-20-26-25-16-8-10-18-28(25)37(32(26)31)24-14-6-3-7-15-24/h2-21,30-31,33H,34H2,1H3/b35-22+. The van der Waals surface area contributed by atoms with Gasteiger partial charge in [-0.05, 0) is 42.3 Å². The predicted octanol–water partition coefficient (Wildman–Crippen LogP) is 7.05. The lowest BCUT2D eigenvalue weighted by Gasteiger charge is -2.31. The molecule has 7 rings (SSSR count). The molecule has 0 fully saturated rings. The van der Waals surface area contributed by atoms with Crippen LogP contribution in [0.5, 0.6) is 0 Å². The summed E-state index contributed by atoms with van der Waals surface area (Å²) in [5.74, 6) is 1.09. The van der Waals surface area contributed by atoms with Crippen LogP contribution >= 0.6 is 0 Å². The molecule has 2 aliphatic rings. The molecule has 0 spiro atoms. The summed E-state index contributed by atoms with van der Waals surface area (Å²) in [4.78, 5) is 7.35. The van der Waals surface area contributed by atoms with Crippen molar-refractivity contribution in [3.63, 3.8) is 0 Å². The van der Waals surface area contributed by atoms with E-state index in [1.165, 1.54) is 39.1 Å². The zero-order valence-corrected chi connectivity index (χ0v) is 20.7. The zero-order chi connectivity index (χ0) is 24.9. The van der Waals surface area contributed by atoms with Gasteiger partial charge in [0.25, 0.3) is 0 Å². The van der Waals surface area contributed by atoms with Crippen LogP contribution in [0.15, 0.2) is 120 Å². The zero-order valence-electron chi connectivity index (χ0n) is 20.7. The summed E-state index contributed by atoms with van der Waals surface area (Å²) < 4.78 is 2.45. The highest BCUT2D eigenvalue weighted by molar-refractivity contribution is 6.02. The minimum atomic E-state index is -0.411. The lowest BCUT2D eigenvalue weighted by atomic mass is 9.84. The Kier molecular flexibility index (Phi) is 5.08. The molecule has 37 heavy (non-hydrogen) atoms. The van der Waals surface area contributed by atoms with E-state index in [4.69, 9.17) is 10.7 Å². The predicted molar refractivity (Wildman–Crippen MR) is 153 cm³/mol. The molecule has 2 heterocycles. The Labute approximate surface area is 217 Å². The maximum Gasteiger partial charge on any atom is 0.125 e. The quantitative estimate of drug-likeness (QED) is 0.222. The van der Waals surface area contributed by atoms with Crippen LogP contribution in [0.1, 0.15) is 41.4 Å². The molecule has 4 nitrogen and oxygen atoms in total. The second-order valence-corrected chi connectivity index (χ2v) is 9.78. The maximum absolute atomic E-state index is 6.54. The molecule has 5 aromatic rings. The molecule has 0 saturated carbocycles. The third-order valence-corrected chi connectivity index (χ3v) is 7.71. The van der Waals surface area contributed by atoms with E-state index in [2.05, 4.69) is 107 Å². The number of nitrogens with zero attached hydrogens (tertiary/aromatic N) is 3. The summed E-state index contributed by atoms with van der Waals surface area (Å²) in [6.45, 7) is 2.08. The van der Waals surface area contributed by atoms with Crippen LogP contribution in [0.4, 0.5) is 5.69 Å². The van der Waals surface area contributed by atoms with Gasteiger partial charge in [-0.1, -0.05) is 97.1 Å². The lowest BCUT2D eigenvalue weighted by molar-refractivity contribution is 0.692. The summed E-state index contributed by atoms with van der Waals surface area (Å²) >= 11 is 0. The molecule has 0 radical (unpaired) electrons. The second-order valence-electron chi connectivity index (χ2n) is 9.78. The Morgan fingerprint density at radius 2 is 1.49 bits per heavy atom. The molecule has 3 unspecified atom stereocenters. The van der Waals surface area contributed by atoms with Crippen LogP contribution < -0.4 is 10.6 Å². The molecular formula is C33H28N4. The summed E-state index contributed by atoms with van der Waals surface area (Å²) in [5, 5.41) is 1.28. The minimum Gasteiger partial charge on any atom is -0.322 e. The first-order valence-corrected chi connectivity index (χ1v) is 12.8. The highest BCUT2D eigenvalue weighted by atomic mass is 15.3. The molecule has 1 aliphatic heterocycles. The number of amidine groups is 1. The van der Waals surface area contributed by atoms with Gasteiger partial charge in [-0.3, -0.25) is 0 Å². The number of anilines is 1. The largest absolute Gasteiger partial charge is 0.322 e. The van der Waals surface area contributed by atoms with Crippen LogP contribution in [0.3, 0.4) is 0 Å². The first-order valence-electron chi connectivity index (χ1n) is 12.8. The number of hydrogen-bond acceptors (Lipinski definition) is 2. The minimum absolute atomic E-state index is 0.114. The lowest BCUT2D eigenvalue weighted by Crippen LogP contribution is -2.39. The van der Waals surface area contributed by atoms with Gasteiger partial charge in [0.2, 0.25) is 0 Å². The van der Waals surface area contributed by atoms with Crippen molar-refractivity contribution in [1.82, 2.24) is 4.57 Å². The van der Waals surface area contributed by atoms with Crippen LogP contribution in [-0.2, 0) is 0 Å². The summed E-state index contributed by atoms with van der Waals surface area (Å²) in [5.41, 5.74) is 15.1. The van der Waals surface area contributed by atoms with Gasteiger partial charge < -0.3 is 15.2 Å². The SMILES string of the molecule is C/C(=N\C(N)c1ccccc1)N1c2ccccc2C2c3c(c4ccccc4n3-c3ccccc3)C=CC21. The monoisotopic (exact) mass is 480 g/mol. The fourth-order valence-corrected chi connectivity index (χ4v) is 6.16. The number of fused-ring (bicyclic) bond motifs is 7. The van der Waals surface area contributed by atoms with E-state index in [0.29, 0.717) is 0 Å². The molecule has 2 N–H and O–H groups in total. The molecule has 3 atom stereocenters. The summed E-state index contributed by atoms with van der Waals surface area (Å²) in [6.07, 6.45) is 4.25. The van der Waals surface area contributed by atoms with E-state index >= 15 is 0 Å². The van der Waals surface area contributed by atoms with Crippen molar-refractivity contribution in [1.29, 1.82) is 0 Å². The van der Waals surface area contributed by atoms with Gasteiger partial charge in [-0.2, -0.15) is 0 Å². The number of rotatable bonds is 3. The maximum atomic E-state index is 6.54. The topological polar surface area (TPSA) is 46.5 Å². The molecule has 180 valence electrons. The average molecular weight is 481 g/mol. The smallest absolute Gasteiger partial charge is 0.125 e. The molecule has 1 aromatic heterocycles. The van der Waals surface area contributed by atoms with Crippen LogP contribution in [-0.4, -0.2) is 16.4 Å². The molecule has 4 aromatic carbocycles. The van der Waals surface area contributed by atoms with Gasteiger partial charge in [0, 0.05) is 28.0 Å². The van der Waals surface area contributed by atoms with Gasteiger partial charge in [0.05, 0.1) is 17.5 Å². The van der Waals surface area contributed by atoms with Crippen molar-refractivity contribution < 1.29 is 0 Å². The first kappa shape index (κ1) is 21.8. The van der Waals surface area contributed by atoms with E-state index in [0.717, 1.165) is 11.4 Å². The Bertz CT molecular complexity index is 1660. The van der Waals surface area contributed by atoms with Crippen molar-refractivity contribution in [3.8, 4) is 5.69 Å². The third kappa shape index (κ3) is 3.37. The van der Waals surface area contributed by atoms with Crippen LogP contribution in [0.2, 0.25) is 0 Å². The normalized spacial score (nSPS) is 19.0. The Morgan fingerprint density at radius 1 is 0.811 bits per heavy atom. The van der Waals surface area contributed by atoms with E-state index < -0.39 is 6.17 Å². The molecule has 0 amide bonds. The fraction of sp³-hybridized carbons (Fsp3) is 0.121. The molecule has 0 saturated heterocycles. The second kappa shape index (κ2) is 8.61. The van der Waals surface area contributed by atoms with Gasteiger partial charge >= 0.3 is 0 Å². The number of hydrogen-bond donors (Lipinski definition) is 1. The van der Waals surface area contributed by atoms with E-state index in [1.807, 2.05) is 30.3 Å². The number of para-hydroxylation sites is 3. The van der Waals surface area contributed by atoms with Crippen LogP contribution in [0, 0.1) is 0 Å². The Hall–Kier alpha value is -4.41.